The third-order valence-electron chi connectivity index (χ3n) is 4.64. The van der Waals surface area contributed by atoms with Gasteiger partial charge in [-0.05, 0) is 12.0 Å². The minimum absolute atomic E-state index is 0.00251. The van der Waals surface area contributed by atoms with Gasteiger partial charge in [0.05, 0.1) is 0 Å². The highest BCUT2D eigenvalue weighted by Crippen LogP contribution is 2.34. The highest BCUT2D eigenvalue weighted by atomic mass is 19.4. The summed E-state index contributed by atoms with van der Waals surface area (Å²) in [7, 11) is 0. The van der Waals surface area contributed by atoms with Gasteiger partial charge in [0.25, 0.3) is 5.82 Å². The summed E-state index contributed by atoms with van der Waals surface area (Å²) in [5.74, 6) is -4.65. The molecule has 34 heavy (non-hydrogen) atoms. The van der Waals surface area contributed by atoms with Crippen molar-refractivity contribution in [1.29, 1.82) is 0 Å². The zero-order valence-electron chi connectivity index (χ0n) is 19.9. The first-order valence-electron chi connectivity index (χ1n) is 10.3. The van der Waals surface area contributed by atoms with Crippen LogP contribution in [0.15, 0.2) is 6.33 Å². The number of aromatic nitrogens is 4. The van der Waals surface area contributed by atoms with Crippen molar-refractivity contribution in [2.45, 2.75) is 61.1 Å². The van der Waals surface area contributed by atoms with Crippen LogP contribution in [0.5, 0.6) is 0 Å². The zero-order chi connectivity index (χ0) is 26.2. The van der Waals surface area contributed by atoms with E-state index in [1.165, 1.54) is 0 Å². The molecule has 0 spiro atoms. The fourth-order valence-corrected chi connectivity index (χ4v) is 2.71. The van der Waals surface area contributed by atoms with E-state index >= 15 is 0 Å². The molecule has 0 aliphatic heterocycles. The Morgan fingerprint density at radius 2 is 1.47 bits per heavy atom. The summed E-state index contributed by atoms with van der Waals surface area (Å²) in [6.45, 7) is 11.2. The smallest absolute Gasteiger partial charge is 0.453 e. The van der Waals surface area contributed by atoms with E-state index < -0.39 is 46.2 Å². The SMILES string of the molecule is CCc1c(C(=O)O)c(NC(=O)C(C)(C)C)nc(NC(=O)C(C)(C)C)c1-n1cnc(C(F)(F)F)n1. The van der Waals surface area contributed by atoms with E-state index in [9.17, 15) is 32.7 Å². The van der Waals surface area contributed by atoms with Crippen molar-refractivity contribution in [2.24, 2.45) is 10.8 Å². The quantitative estimate of drug-likeness (QED) is 0.585. The van der Waals surface area contributed by atoms with Crippen LogP contribution in [-0.4, -0.2) is 42.6 Å². The molecule has 2 heterocycles. The van der Waals surface area contributed by atoms with Gasteiger partial charge in [0, 0.05) is 10.8 Å². The van der Waals surface area contributed by atoms with Gasteiger partial charge in [-0.25, -0.2) is 19.4 Å². The topological polar surface area (TPSA) is 139 Å². The Hall–Kier alpha value is -3.51. The number of hydrogen-bond acceptors (Lipinski definition) is 6. The number of pyridine rings is 1. The highest BCUT2D eigenvalue weighted by molar-refractivity contribution is 6.04. The van der Waals surface area contributed by atoms with Gasteiger partial charge < -0.3 is 15.7 Å². The van der Waals surface area contributed by atoms with Crippen LogP contribution in [0.2, 0.25) is 0 Å². The lowest BCUT2D eigenvalue weighted by Crippen LogP contribution is -2.31. The van der Waals surface area contributed by atoms with Crippen LogP contribution in [0.4, 0.5) is 24.8 Å². The first-order valence-corrected chi connectivity index (χ1v) is 10.3. The monoisotopic (exact) mass is 484 g/mol. The number of halogens is 3. The van der Waals surface area contributed by atoms with E-state index in [4.69, 9.17) is 0 Å². The number of nitrogens with zero attached hydrogens (tertiary/aromatic N) is 4. The molecule has 10 nitrogen and oxygen atoms in total. The molecule has 2 aromatic heterocycles. The summed E-state index contributed by atoms with van der Waals surface area (Å²) in [6, 6.07) is 0. The third-order valence-corrected chi connectivity index (χ3v) is 4.64. The number of nitrogens with one attached hydrogen (secondary N) is 2. The molecule has 0 aliphatic carbocycles. The molecule has 0 aliphatic rings. The second-order valence-electron chi connectivity index (χ2n) is 9.59. The predicted molar refractivity (Wildman–Crippen MR) is 117 cm³/mol. The van der Waals surface area contributed by atoms with Gasteiger partial charge in [0.15, 0.2) is 5.82 Å². The lowest BCUT2D eigenvalue weighted by Gasteiger charge is -2.23. The lowest BCUT2D eigenvalue weighted by molar-refractivity contribution is -0.144. The number of carboxylic acids is 1. The molecule has 3 N–H and O–H groups in total. The van der Waals surface area contributed by atoms with E-state index in [-0.39, 0.29) is 29.3 Å². The van der Waals surface area contributed by atoms with Crippen molar-refractivity contribution in [3.63, 3.8) is 0 Å². The second-order valence-corrected chi connectivity index (χ2v) is 9.59. The summed E-state index contributed by atoms with van der Waals surface area (Å²) >= 11 is 0. The first kappa shape index (κ1) is 26.7. The fraction of sp³-hybridized carbons (Fsp3) is 0.524. The number of carboxylic acid groups (broad SMARTS) is 1. The Morgan fingerprint density at radius 3 is 1.85 bits per heavy atom. The number of hydrogen-bond donors (Lipinski definition) is 3. The van der Waals surface area contributed by atoms with E-state index in [0.717, 1.165) is 6.33 Å². The van der Waals surface area contributed by atoms with Gasteiger partial charge in [-0.3, -0.25) is 9.59 Å². The number of alkyl halides is 3. The molecule has 0 bridgehead atoms. The molecule has 2 aromatic rings. The maximum atomic E-state index is 13.1. The molecule has 0 radical (unpaired) electrons. The second kappa shape index (κ2) is 9.03. The van der Waals surface area contributed by atoms with E-state index in [2.05, 4.69) is 25.7 Å². The maximum absolute atomic E-state index is 13.1. The van der Waals surface area contributed by atoms with Crippen LogP contribution in [0, 0.1) is 10.8 Å². The number of aromatic carboxylic acids is 1. The Labute approximate surface area is 194 Å². The van der Waals surface area contributed by atoms with Gasteiger partial charge >= 0.3 is 12.1 Å². The first-order chi connectivity index (χ1) is 15.4. The van der Waals surface area contributed by atoms with Gasteiger partial charge in [-0.15, -0.1) is 5.10 Å². The van der Waals surface area contributed by atoms with Crippen LogP contribution < -0.4 is 10.6 Å². The summed E-state index contributed by atoms with van der Waals surface area (Å²) in [4.78, 5) is 44.9. The summed E-state index contributed by atoms with van der Waals surface area (Å²) in [5, 5.41) is 18.3. The standard InChI is InChI=1S/C21H27F3N6O4/c1-8-10-11(15(31)32)13(27-17(33)19(2,3)4)26-14(28-18(34)20(5,6)7)12(10)30-9-25-16(29-30)21(22,23)24/h9H,8H2,1-7H3,(H,31,32)(H2,26,27,28,33,34). The van der Waals surface area contributed by atoms with Gasteiger partial charge in [0.2, 0.25) is 11.8 Å². The maximum Gasteiger partial charge on any atom is 0.453 e. The van der Waals surface area contributed by atoms with Crippen molar-refractivity contribution in [2.75, 3.05) is 10.6 Å². The number of carbonyl (C=O) groups excluding carboxylic acids is 2. The number of carbonyl (C=O) groups is 3. The number of amides is 2. The van der Waals surface area contributed by atoms with Crippen LogP contribution in [0.1, 0.15) is 70.2 Å². The molecule has 0 fully saturated rings. The molecule has 0 atom stereocenters. The third kappa shape index (κ3) is 5.69. The molecule has 186 valence electrons. The Bertz CT molecular complexity index is 1130. The van der Waals surface area contributed by atoms with E-state index in [1.807, 2.05) is 0 Å². The Kier molecular flexibility index (Phi) is 7.10. The van der Waals surface area contributed by atoms with E-state index in [1.54, 1.807) is 48.5 Å². The molecule has 0 aromatic carbocycles. The summed E-state index contributed by atoms with van der Waals surface area (Å²) in [6.07, 6.45) is -4.10. The van der Waals surface area contributed by atoms with Crippen LogP contribution in [-0.2, 0) is 22.2 Å². The highest BCUT2D eigenvalue weighted by Gasteiger charge is 2.37. The molecular weight excluding hydrogens is 457 g/mol. The molecule has 13 heteroatoms. The molecular formula is C21H27F3N6O4. The normalized spacial score (nSPS) is 12.4. The molecule has 0 saturated heterocycles. The van der Waals surface area contributed by atoms with Crippen molar-refractivity contribution < 1.29 is 32.7 Å². The van der Waals surface area contributed by atoms with Crippen molar-refractivity contribution in [3.8, 4) is 5.69 Å². The molecule has 2 rings (SSSR count). The molecule has 2 amide bonds. The minimum Gasteiger partial charge on any atom is -0.478 e. The van der Waals surface area contributed by atoms with Crippen LogP contribution in [0.25, 0.3) is 5.69 Å². The van der Waals surface area contributed by atoms with Gasteiger partial charge in [-0.2, -0.15) is 13.2 Å². The summed E-state index contributed by atoms with van der Waals surface area (Å²) < 4.78 is 40.1. The largest absolute Gasteiger partial charge is 0.478 e. The van der Waals surface area contributed by atoms with Gasteiger partial charge in [0.1, 0.15) is 23.4 Å². The minimum atomic E-state index is -4.85. The van der Waals surface area contributed by atoms with Crippen LogP contribution >= 0.6 is 0 Å². The van der Waals surface area contributed by atoms with Crippen molar-refractivity contribution >= 4 is 29.4 Å². The average Bonchev–Trinajstić information content (AvgIpc) is 3.15. The van der Waals surface area contributed by atoms with Gasteiger partial charge in [-0.1, -0.05) is 48.5 Å². The Morgan fingerprint density at radius 1 is 0.971 bits per heavy atom. The predicted octanol–water partition coefficient (Wildman–Crippen LogP) is 3.91. The zero-order valence-corrected chi connectivity index (χ0v) is 19.9. The molecule has 0 unspecified atom stereocenters. The summed E-state index contributed by atoms with van der Waals surface area (Å²) in [5.41, 5.74) is -2.48. The van der Waals surface area contributed by atoms with Crippen LogP contribution in [0.3, 0.4) is 0 Å². The fourth-order valence-electron chi connectivity index (χ4n) is 2.71. The number of rotatable bonds is 5. The Balaban J connectivity index is 2.89. The molecule has 0 saturated carbocycles. The average molecular weight is 484 g/mol. The lowest BCUT2D eigenvalue weighted by atomic mass is 9.95. The number of anilines is 2. The van der Waals surface area contributed by atoms with E-state index in [0.29, 0.717) is 4.68 Å². The van der Waals surface area contributed by atoms with Crippen molar-refractivity contribution in [3.05, 3.63) is 23.3 Å². The van der Waals surface area contributed by atoms with Crippen molar-refractivity contribution in [1.82, 2.24) is 19.7 Å².